The largest absolute Gasteiger partial charge is 0.456 e. The van der Waals surface area contributed by atoms with Gasteiger partial charge < -0.3 is 4.42 Å². The molecule has 0 aliphatic rings. The van der Waals surface area contributed by atoms with E-state index in [1.807, 2.05) is 48.8 Å². The molecular weight excluding hydrogens is 615 g/mol. The summed E-state index contributed by atoms with van der Waals surface area (Å²) in [5.41, 5.74) is 8.42. The minimum Gasteiger partial charge on any atom is -0.456 e. The molecule has 11 rings (SSSR count). The molecule has 5 heterocycles. The van der Waals surface area contributed by atoms with Gasteiger partial charge in [0.1, 0.15) is 11.2 Å². The summed E-state index contributed by atoms with van der Waals surface area (Å²) in [4.78, 5) is 19.9. The molecule has 0 atom stereocenters. The highest BCUT2D eigenvalue weighted by atomic mass is 16.3. The number of hydrogen-bond acceptors (Lipinski definition) is 5. The Balaban J connectivity index is 1.31. The van der Waals surface area contributed by atoms with Crippen LogP contribution in [0, 0.1) is 0 Å². The van der Waals surface area contributed by atoms with Crippen molar-refractivity contribution in [1.29, 1.82) is 0 Å². The first-order valence-corrected chi connectivity index (χ1v) is 16.6. The summed E-state index contributed by atoms with van der Waals surface area (Å²) in [7, 11) is 0. The first kappa shape index (κ1) is 27.1. The Morgan fingerprint density at radius 1 is 0.500 bits per heavy atom. The van der Waals surface area contributed by atoms with Crippen LogP contribution in [-0.4, -0.2) is 24.5 Å². The third-order valence-electron chi connectivity index (χ3n) is 9.92. The molecule has 0 bridgehead atoms. The highest BCUT2D eigenvalue weighted by Gasteiger charge is 2.21. The second kappa shape index (κ2) is 10.3. The van der Waals surface area contributed by atoms with Crippen molar-refractivity contribution in [3.8, 4) is 28.5 Å². The number of nitrogens with zero attached hydrogens (tertiary/aromatic N) is 5. The van der Waals surface area contributed by atoms with Gasteiger partial charge in [-0.1, -0.05) is 66.7 Å². The zero-order valence-electron chi connectivity index (χ0n) is 26.6. The van der Waals surface area contributed by atoms with Crippen molar-refractivity contribution in [2.24, 2.45) is 0 Å². The number of furan rings is 1. The minimum atomic E-state index is 0.599. The van der Waals surface area contributed by atoms with Crippen molar-refractivity contribution in [2.75, 3.05) is 0 Å². The number of benzene rings is 6. The van der Waals surface area contributed by atoms with E-state index in [9.17, 15) is 0 Å². The Morgan fingerprint density at radius 3 is 2.26 bits per heavy atom. The zero-order valence-corrected chi connectivity index (χ0v) is 26.6. The summed E-state index contributed by atoms with van der Waals surface area (Å²) in [6.45, 7) is 0. The van der Waals surface area contributed by atoms with Gasteiger partial charge in [-0.2, -0.15) is 0 Å². The van der Waals surface area contributed by atoms with Crippen molar-refractivity contribution in [3.63, 3.8) is 0 Å². The molecule has 0 N–H and O–H groups in total. The highest BCUT2D eigenvalue weighted by molar-refractivity contribution is 6.23. The molecule has 0 radical (unpaired) electrons. The Labute approximate surface area is 284 Å². The number of hydrogen-bond donors (Lipinski definition) is 0. The van der Waals surface area contributed by atoms with E-state index in [0.29, 0.717) is 5.95 Å². The zero-order chi connectivity index (χ0) is 32.8. The predicted molar refractivity (Wildman–Crippen MR) is 203 cm³/mol. The van der Waals surface area contributed by atoms with Crippen LogP contribution in [-0.2, 0) is 0 Å². The Hall–Kier alpha value is -6.92. The summed E-state index contributed by atoms with van der Waals surface area (Å²) in [5, 5.41) is 9.86. The Kier molecular flexibility index (Phi) is 5.57. The van der Waals surface area contributed by atoms with Gasteiger partial charge in [-0.3, -0.25) is 14.5 Å². The van der Waals surface area contributed by atoms with Gasteiger partial charge in [0.15, 0.2) is 0 Å². The summed E-state index contributed by atoms with van der Waals surface area (Å²) in [6.07, 6.45) is 5.50. The first-order chi connectivity index (χ1) is 24.8. The molecule has 0 fully saturated rings. The van der Waals surface area contributed by atoms with Gasteiger partial charge in [-0.15, -0.1) is 0 Å². The fraction of sp³-hybridized carbons (Fsp3) is 0. The van der Waals surface area contributed by atoms with E-state index < -0.39 is 0 Å². The summed E-state index contributed by atoms with van der Waals surface area (Å²) < 4.78 is 8.54. The van der Waals surface area contributed by atoms with Crippen LogP contribution < -0.4 is 0 Å². The van der Waals surface area contributed by atoms with Gasteiger partial charge in [0.2, 0.25) is 5.95 Å². The topological polar surface area (TPSA) is 69.6 Å². The standard InChI is InChI=1S/C44H25N5O/c1-2-10-30-26(8-1)14-17-32-42(29-9-7-20-45-25-29)47-44(48-43(30)32)49-37-18-15-28(36-12-5-6-21-46-36)23-34(37)35-22-27-16-19-40-41(33(27)24-38(35)49)31-11-3-4-13-39(31)50-40/h1-25H. The number of pyridine rings is 2. The van der Waals surface area contributed by atoms with Crippen LogP contribution in [0.4, 0.5) is 0 Å². The second-order valence-electron chi connectivity index (χ2n) is 12.7. The summed E-state index contributed by atoms with van der Waals surface area (Å²) in [5.74, 6) is 0.599. The normalized spacial score (nSPS) is 12.0. The van der Waals surface area contributed by atoms with Crippen LogP contribution >= 0.6 is 0 Å². The van der Waals surface area contributed by atoms with Crippen molar-refractivity contribution in [1.82, 2.24) is 24.5 Å². The lowest BCUT2D eigenvalue weighted by Gasteiger charge is -2.13. The molecule has 6 aromatic carbocycles. The lowest BCUT2D eigenvalue weighted by atomic mass is 10.0. The van der Waals surface area contributed by atoms with E-state index in [1.54, 1.807) is 6.20 Å². The van der Waals surface area contributed by atoms with Crippen LogP contribution in [0.25, 0.3) is 105 Å². The van der Waals surface area contributed by atoms with E-state index in [0.717, 1.165) is 98.7 Å². The smallest absolute Gasteiger partial charge is 0.235 e. The molecule has 0 saturated carbocycles. The van der Waals surface area contributed by atoms with E-state index in [2.05, 4.69) is 112 Å². The average molecular weight is 640 g/mol. The van der Waals surface area contributed by atoms with Gasteiger partial charge in [-0.05, 0) is 82.9 Å². The maximum Gasteiger partial charge on any atom is 0.235 e. The van der Waals surface area contributed by atoms with Crippen molar-refractivity contribution >= 4 is 76.2 Å². The maximum absolute atomic E-state index is 6.32. The fourth-order valence-corrected chi connectivity index (χ4v) is 7.64. The van der Waals surface area contributed by atoms with Gasteiger partial charge >= 0.3 is 0 Å². The van der Waals surface area contributed by atoms with Crippen molar-refractivity contribution < 1.29 is 4.42 Å². The summed E-state index contributed by atoms with van der Waals surface area (Å²) in [6, 6.07) is 46.3. The highest BCUT2D eigenvalue weighted by Crippen LogP contribution is 2.41. The van der Waals surface area contributed by atoms with Gasteiger partial charge in [0.05, 0.1) is 27.9 Å². The molecule has 50 heavy (non-hydrogen) atoms. The summed E-state index contributed by atoms with van der Waals surface area (Å²) >= 11 is 0. The van der Waals surface area contributed by atoms with Crippen LogP contribution in [0.1, 0.15) is 0 Å². The maximum atomic E-state index is 6.32. The Bertz CT molecular complexity index is 3150. The van der Waals surface area contributed by atoms with Gasteiger partial charge in [0, 0.05) is 62.0 Å². The third-order valence-corrected chi connectivity index (χ3v) is 9.92. The van der Waals surface area contributed by atoms with E-state index >= 15 is 0 Å². The molecular formula is C44H25N5O. The molecule has 6 nitrogen and oxygen atoms in total. The number of para-hydroxylation sites is 1. The van der Waals surface area contributed by atoms with Gasteiger partial charge in [0.25, 0.3) is 0 Å². The quantitative estimate of drug-likeness (QED) is 0.180. The predicted octanol–water partition coefficient (Wildman–Crippen LogP) is 11.1. The lowest BCUT2D eigenvalue weighted by Crippen LogP contribution is -2.04. The third kappa shape index (κ3) is 3.90. The molecule has 0 amide bonds. The number of fused-ring (bicyclic) bond motifs is 11. The molecule has 0 saturated heterocycles. The molecule has 11 aromatic rings. The molecule has 232 valence electrons. The number of aromatic nitrogens is 5. The van der Waals surface area contributed by atoms with Gasteiger partial charge in [-0.25, -0.2) is 9.97 Å². The van der Waals surface area contributed by atoms with Crippen LogP contribution in [0.5, 0.6) is 0 Å². The first-order valence-electron chi connectivity index (χ1n) is 16.6. The molecule has 0 unspecified atom stereocenters. The number of rotatable bonds is 3. The van der Waals surface area contributed by atoms with Crippen molar-refractivity contribution in [2.45, 2.75) is 0 Å². The average Bonchev–Trinajstić information content (AvgIpc) is 3.72. The van der Waals surface area contributed by atoms with E-state index in [1.165, 1.54) is 0 Å². The SMILES string of the molecule is c1ccc(-c2ccc3c(c2)c2cc4ccc5oc6ccccc6c5c4cc2n3-c2nc(-c3cccnc3)c3ccc4ccccc4c3n2)nc1. The van der Waals surface area contributed by atoms with Crippen LogP contribution in [0.3, 0.4) is 0 Å². The van der Waals surface area contributed by atoms with E-state index in [4.69, 9.17) is 14.4 Å². The molecule has 0 aliphatic carbocycles. The second-order valence-corrected chi connectivity index (χ2v) is 12.7. The van der Waals surface area contributed by atoms with E-state index in [-0.39, 0.29) is 0 Å². The fourth-order valence-electron chi connectivity index (χ4n) is 7.64. The minimum absolute atomic E-state index is 0.599. The Morgan fingerprint density at radius 2 is 1.36 bits per heavy atom. The molecule has 0 spiro atoms. The van der Waals surface area contributed by atoms with Crippen molar-refractivity contribution in [3.05, 3.63) is 152 Å². The molecule has 5 aromatic heterocycles. The van der Waals surface area contributed by atoms with Crippen LogP contribution in [0.2, 0.25) is 0 Å². The molecule has 6 heteroatoms. The monoisotopic (exact) mass is 639 g/mol. The molecule has 0 aliphatic heterocycles. The lowest BCUT2D eigenvalue weighted by molar-refractivity contribution is 0.669. The van der Waals surface area contributed by atoms with Crippen LogP contribution in [0.15, 0.2) is 156 Å².